The van der Waals surface area contributed by atoms with E-state index in [9.17, 15) is 9.59 Å². The SMILES string of the molecule is O.O.O.O.[Co+2].[NH-]NC(=O)c1ccncc1.[NH-]NC(=O)c1ccncc1. The Morgan fingerprint density at radius 2 is 0.920 bits per heavy atom. The van der Waals surface area contributed by atoms with Gasteiger partial charge in [-0.3, -0.25) is 19.6 Å². The molecule has 0 bridgehead atoms. The maximum Gasteiger partial charge on any atom is 2.00 e. The molecule has 2 heterocycles. The van der Waals surface area contributed by atoms with Gasteiger partial charge in [0.05, 0.1) is 0 Å². The molecule has 0 atom stereocenters. The van der Waals surface area contributed by atoms with E-state index in [1.165, 1.54) is 24.8 Å². The predicted octanol–water partition coefficient (Wildman–Crippen LogP) is -1.74. The Morgan fingerprint density at radius 1 is 0.680 bits per heavy atom. The van der Waals surface area contributed by atoms with Crippen LogP contribution in [0.25, 0.3) is 11.7 Å². The van der Waals surface area contributed by atoms with Crippen molar-refractivity contribution in [3.63, 3.8) is 0 Å². The van der Waals surface area contributed by atoms with Gasteiger partial charge in [0.2, 0.25) is 11.8 Å². The van der Waals surface area contributed by atoms with Gasteiger partial charge in [-0.2, -0.15) is 0 Å². The molecule has 25 heavy (non-hydrogen) atoms. The van der Waals surface area contributed by atoms with E-state index in [0.717, 1.165) is 0 Å². The number of carbonyl (C=O) groups is 2. The fourth-order valence-corrected chi connectivity index (χ4v) is 1.15. The van der Waals surface area contributed by atoms with Gasteiger partial charge in [0.1, 0.15) is 0 Å². The van der Waals surface area contributed by atoms with Crippen LogP contribution in [0.2, 0.25) is 0 Å². The van der Waals surface area contributed by atoms with Gasteiger partial charge in [0.25, 0.3) is 0 Å². The van der Waals surface area contributed by atoms with Crippen molar-refractivity contribution in [2.75, 3.05) is 0 Å². The molecule has 12 nitrogen and oxygen atoms in total. The third-order valence-electron chi connectivity index (χ3n) is 2.11. The summed E-state index contributed by atoms with van der Waals surface area (Å²) < 4.78 is 0. The van der Waals surface area contributed by atoms with Gasteiger partial charge in [-0.15, -0.1) is 0 Å². The van der Waals surface area contributed by atoms with Crippen LogP contribution >= 0.6 is 0 Å². The van der Waals surface area contributed by atoms with E-state index in [4.69, 9.17) is 11.7 Å². The second kappa shape index (κ2) is 19.6. The molecular weight excluding hydrogens is 383 g/mol. The Morgan fingerprint density at radius 3 is 1.12 bits per heavy atom. The fourth-order valence-electron chi connectivity index (χ4n) is 1.15. The minimum absolute atomic E-state index is 0. The van der Waals surface area contributed by atoms with Crippen LogP contribution in [-0.2, 0) is 16.8 Å². The van der Waals surface area contributed by atoms with E-state index in [0.29, 0.717) is 11.1 Å². The molecule has 1 radical (unpaired) electrons. The second-order valence-electron chi connectivity index (χ2n) is 3.38. The Kier molecular flexibility index (Phi) is 26.6. The molecule has 0 aromatic carbocycles. The van der Waals surface area contributed by atoms with E-state index in [1.54, 1.807) is 35.1 Å². The summed E-state index contributed by atoms with van der Waals surface area (Å²) in [6.45, 7) is 0. The summed E-state index contributed by atoms with van der Waals surface area (Å²) in [6, 6.07) is 6.18. The summed E-state index contributed by atoms with van der Waals surface area (Å²) in [4.78, 5) is 28.8. The smallest absolute Gasteiger partial charge is 0.584 e. The van der Waals surface area contributed by atoms with E-state index in [2.05, 4.69) is 9.97 Å². The van der Waals surface area contributed by atoms with Crippen LogP contribution in [0, 0.1) is 0 Å². The zero-order valence-corrected chi connectivity index (χ0v) is 13.7. The molecule has 12 N–H and O–H groups in total. The van der Waals surface area contributed by atoms with Crippen molar-refractivity contribution >= 4 is 11.8 Å². The molecule has 0 fully saturated rings. The van der Waals surface area contributed by atoms with Gasteiger partial charge in [0, 0.05) is 35.9 Å². The van der Waals surface area contributed by atoms with Crippen molar-refractivity contribution in [2.45, 2.75) is 0 Å². The number of aromatic nitrogens is 2. The average Bonchev–Trinajstić information content (AvgIpc) is 2.55. The average molecular weight is 403 g/mol. The molecular formula is C12H20CoN6O6. The summed E-state index contributed by atoms with van der Waals surface area (Å²) >= 11 is 0. The van der Waals surface area contributed by atoms with E-state index < -0.39 is 11.8 Å². The van der Waals surface area contributed by atoms with Crippen molar-refractivity contribution in [3.05, 3.63) is 71.9 Å². The molecule has 0 saturated heterocycles. The minimum atomic E-state index is -0.414. The van der Waals surface area contributed by atoms with E-state index in [1.807, 2.05) is 0 Å². The van der Waals surface area contributed by atoms with Gasteiger partial charge in [-0.1, -0.05) is 0 Å². The zero-order valence-electron chi connectivity index (χ0n) is 12.7. The normalized spacial score (nSPS) is 7.12. The van der Waals surface area contributed by atoms with E-state index >= 15 is 0 Å². The van der Waals surface area contributed by atoms with Crippen LogP contribution in [0.4, 0.5) is 0 Å². The van der Waals surface area contributed by atoms with Crippen molar-refractivity contribution in [1.29, 1.82) is 0 Å². The summed E-state index contributed by atoms with van der Waals surface area (Å²) in [6.07, 6.45) is 6.02. The van der Waals surface area contributed by atoms with Gasteiger partial charge in [-0.05, 0) is 24.3 Å². The Bertz CT molecular complexity index is 511. The Labute approximate surface area is 153 Å². The fraction of sp³-hybridized carbons (Fsp3) is 0. The number of hydrogen-bond donors (Lipinski definition) is 2. The Hall–Kier alpha value is -2.49. The first-order valence-electron chi connectivity index (χ1n) is 5.43. The van der Waals surface area contributed by atoms with Crippen LogP contribution in [0.5, 0.6) is 0 Å². The predicted molar refractivity (Wildman–Crippen MR) is 86.5 cm³/mol. The van der Waals surface area contributed by atoms with Gasteiger partial charge >= 0.3 is 16.8 Å². The van der Waals surface area contributed by atoms with E-state index in [-0.39, 0.29) is 38.7 Å². The van der Waals surface area contributed by atoms with Crippen LogP contribution in [0.3, 0.4) is 0 Å². The quantitative estimate of drug-likeness (QED) is 0.553. The van der Waals surface area contributed by atoms with Gasteiger partial charge in [-0.25, -0.2) is 0 Å². The maximum absolute atomic E-state index is 10.7. The zero-order chi connectivity index (χ0) is 14.8. The molecule has 0 saturated carbocycles. The molecule has 0 unspecified atom stereocenters. The van der Waals surface area contributed by atoms with Crippen molar-refractivity contribution in [2.24, 2.45) is 0 Å². The molecule has 2 rings (SSSR count). The maximum atomic E-state index is 10.7. The number of nitrogens with zero attached hydrogens (tertiary/aromatic N) is 2. The number of carbonyl (C=O) groups excluding carboxylic acids is 2. The Balaban J connectivity index is -0.0000000889. The number of nitrogens with one attached hydrogen (secondary N) is 4. The first-order chi connectivity index (χ1) is 9.69. The largest absolute Gasteiger partial charge is 2.00 e. The van der Waals surface area contributed by atoms with Crippen LogP contribution in [0.15, 0.2) is 49.1 Å². The van der Waals surface area contributed by atoms with Crippen molar-refractivity contribution in [3.8, 4) is 0 Å². The molecule has 13 heteroatoms. The molecule has 2 amide bonds. The number of rotatable bonds is 2. The summed E-state index contributed by atoms with van der Waals surface area (Å²) in [5.41, 5.74) is 4.43. The second-order valence-corrected chi connectivity index (χ2v) is 3.38. The van der Waals surface area contributed by atoms with Crippen LogP contribution in [-0.4, -0.2) is 43.7 Å². The topological polar surface area (TPSA) is 258 Å². The number of pyridine rings is 2. The summed E-state index contributed by atoms with van der Waals surface area (Å²) in [5.74, 6) is 12.2. The first kappa shape index (κ1) is 34.0. The van der Waals surface area contributed by atoms with Crippen LogP contribution < -0.4 is 10.9 Å². The molecule has 0 aliphatic heterocycles. The van der Waals surface area contributed by atoms with Crippen LogP contribution in [0.1, 0.15) is 20.7 Å². The molecule has 0 spiro atoms. The third kappa shape index (κ3) is 12.6. The molecule has 2 aromatic heterocycles. The van der Waals surface area contributed by atoms with Gasteiger partial charge in [0.15, 0.2) is 0 Å². The molecule has 0 aliphatic carbocycles. The van der Waals surface area contributed by atoms with Crippen molar-refractivity contribution < 1.29 is 48.3 Å². The van der Waals surface area contributed by atoms with Crippen molar-refractivity contribution in [1.82, 2.24) is 20.8 Å². The van der Waals surface area contributed by atoms with Gasteiger partial charge < -0.3 is 44.4 Å². The first-order valence-corrected chi connectivity index (χ1v) is 5.43. The molecule has 0 aliphatic rings. The standard InChI is InChI=1S/2C6H7N3O.Co.4H2O/c2*7-9-6(10)5-1-3-8-4-2-5;;;;;/h2*1-4H,(H3,7,8,9,10);;4*1H2/q;;+2;;;;/p-2. The number of hydrogen-bond acceptors (Lipinski definition) is 4. The summed E-state index contributed by atoms with van der Waals surface area (Å²) in [5, 5.41) is 0. The molecule has 2 aromatic rings. The number of amides is 2. The monoisotopic (exact) mass is 403 g/mol. The third-order valence-corrected chi connectivity index (χ3v) is 2.11. The molecule has 143 valence electrons. The minimum Gasteiger partial charge on any atom is -0.584 e. The summed E-state index contributed by atoms with van der Waals surface area (Å²) in [7, 11) is 0.